The number of nitrogens with zero attached hydrogens (tertiary/aromatic N) is 2. The molecular weight excluding hydrogens is 304 g/mol. The van der Waals surface area contributed by atoms with Crippen molar-refractivity contribution in [1.29, 1.82) is 0 Å². The van der Waals surface area contributed by atoms with Crippen LogP contribution in [0, 0.1) is 5.92 Å². The summed E-state index contributed by atoms with van der Waals surface area (Å²) in [7, 11) is 3.51. The summed E-state index contributed by atoms with van der Waals surface area (Å²) in [5, 5.41) is 0. The molecule has 1 fully saturated rings. The second kappa shape index (κ2) is 6.20. The lowest BCUT2D eigenvalue weighted by molar-refractivity contribution is -0.122. The molecule has 5 heteroatoms. The van der Waals surface area contributed by atoms with E-state index in [-0.39, 0.29) is 11.9 Å². The molecule has 2 aliphatic heterocycles. The van der Waals surface area contributed by atoms with E-state index in [0.717, 1.165) is 43.7 Å². The van der Waals surface area contributed by atoms with Gasteiger partial charge in [0.25, 0.3) is 0 Å². The van der Waals surface area contributed by atoms with Gasteiger partial charge in [-0.25, -0.2) is 4.79 Å². The molecule has 2 heterocycles. The number of carbonyl (C=O) groups is 2. The first-order chi connectivity index (χ1) is 11.3. The van der Waals surface area contributed by atoms with Crippen molar-refractivity contribution in [3.63, 3.8) is 0 Å². The maximum absolute atomic E-state index is 13.0. The number of fused-ring (bicyclic) bond motifs is 1. The van der Waals surface area contributed by atoms with Gasteiger partial charge in [0.05, 0.1) is 18.1 Å². The van der Waals surface area contributed by atoms with Gasteiger partial charge < -0.3 is 14.5 Å². The lowest BCUT2D eigenvalue weighted by Crippen LogP contribution is -2.41. The van der Waals surface area contributed by atoms with Gasteiger partial charge in [-0.15, -0.1) is 0 Å². The van der Waals surface area contributed by atoms with Crippen LogP contribution in [0.3, 0.4) is 0 Å². The van der Waals surface area contributed by atoms with E-state index in [0.29, 0.717) is 11.5 Å². The Hall–Kier alpha value is -1.88. The molecule has 0 aliphatic carbocycles. The molecule has 0 atom stereocenters. The van der Waals surface area contributed by atoms with E-state index in [4.69, 9.17) is 4.74 Å². The SMILES string of the molecule is COC(=O)c1ccc2c(c1)N(CC1CCN(C)CC1)C(=O)C2(C)C. The van der Waals surface area contributed by atoms with Crippen molar-refractivity contribution in [2.75, 3.05) is 38.7 Å². The second-order valence-electron chi connectivity index (χ2n) is 7.51. The number of likely N-dealkylation sites (tertiary alicyclic amines) is 1. The summed E-state index contributed by atoms with van der Waals surface area (Å²) in [4.78, 5) is 29.0. The van der Waals surface area contributed by atoms with Crippen molar-refractivity contribution in [1.82, 2.24) is 4.90 Å². The van der Waals surface area contributed by atoms with Crippen LogP contribution in [0.1, 0.15) is 42.6 Å². The van der Waals surface area contributed by atoms with Crippen molar-refractivity contribution in [2.45, 2.75) is 32.1 Å². The number of methoxy groups -OCH3 is 1. The Morgan fingerprint density at radius 3 is 2.58 bits per heavy atom. The summed E-state index contributed by atoms with van der Waals surface area (Å²) in [5.41, 5.74) is 1.81. The van der Waals surface area contributed by atoms with Crippen LogP contribution in [0.4, 0.5) is 5.69 Å². The van der Waals surface area contributed by atoms with E-state index in [1.165, 1.54) is 7.11 Å². The van der Waals surface area contributed by atoms with E-state index in [1.807, 2.05) is 30.9 Å². The standard InChI is InChI=1S/C19H26N2O3/c1-19(2)15-6-5-14(17(22)24-4)11-16(15)21(18(19)23)12-13-7-9-20(3)10-8-13/h5-6,11,13H,7-10,12H2,1-4H3. The van der Waals surface area contributed by atoms with Gasteiger partial charge in [-0.2, -0.15) is 0 Å². The minimum absolute atomic E-state index is 0.124. The molecule has 0 bridgehead atoms. The quantitative estimate of drug-likeness (QED) is 0.799. The highest BCUT2D eigenvalue weighted by atomic mass is 16.5. The Bertz CT molecular complexity index is 661. The van der Waals surface area contributed by atoms with Gasteiger partial charge in [-0.1, -0.05) is 6.07 Å². The summed E-state index contributed by atoms with van der Waals surface area (Å²) < 4.78 is 4.82. The number of ether oxygens (including phenoxy) is 1. The van der Waals surface area contributed by atoms with Gasteiger partial charge in [0, 0.05) is 12.2 Å². The molecule has 5 nitrogen and oxygen atoms in total. The number of piperidine rings is 1. The van der Waals surface area contributed by atoms with Crippen molar-refractivity contribution in [3.05, 3.63) is 29.3 Å². The molecule has 2 aliphatic rings. The van der Waals surface area contributed by atoms with Crippen LogP contribution < -0.4 is 4.90 Å². The first-order valence-corrected chi connectivity index (χ1v) is 8.58. The molecule has 0 N–H and O–H groups in total. The third-order valence-corrected chi connectivity index (χ3v) is 5.44. The Kier molecular flexibility index (Phi) is 4.38. The largest absolute Gasteiger partial charge is 0.465 e. The molecule has 3 rings (SSSR count). The molecular formula is C19H26N2O3. The van der Waals surface area contributed by atoms with Gasteiger partial charge >= 0.3 is 5.97 Å². The molecule has 1 aromatic rings. The number of anilines is 1. The van der Waals surface area contributed by atoms with E-state index in [2.05, 4.69) is 11.9 Å². The van der Waals surface area contributed by atoms with E-state index < -0.39 is 5.41 Å². The third-order valence-electron chi connectivity index (χ3n) is 5.44. The average molecular weight is 330 g/mol. The molecule has 1 amide bonds. The molecule has 1 saturated heterocycles. The predicted octanol–water partition coefficient (Wildman–Crippen LogP) is 2.44. The molecule has 0 radical (unpaired) electrons. The Balaban J connectivity index is 1.90. The van der Waals surface area contributed by atoms with E-state index in [9.17, 15) is 9.59 Å². The Morgan fingerprint density at radius 1 is 1.29 bits per heavy atom. The van der Waals surface area contributed by atoms with Crippen LogP contribution in [0.5, 0.6) is 0 Å². The van der Waals surface area contributed by atoms with Crippen LogP contribution in [-0.2, 0) is 14.9 Å². The number of carbonyl (C=O) groups excluding carboxylic acids is 2. The first-order valence-electron chi connectivity index (χ1n) is 8.58. The fourth-order valence-corrected chi connectivity index (χ4v) is 3.77. The minimum atomic E-state index is -0.546. The highest BCUT2D eigenvalue weighted by Crippen LogP contribution is 2.42. The summed E-state index contributed by atoms with van der Waals surface area (Å²) in [6.45, 7) is 6.80. The van der Waals surface area contributed by atoms with Crippen LogP contribution in [0.15, 0.2) is 18.2 Å². The zero-order valence-corrected chi connectivity index (χ0v) is 15.0. The molecule has 0 aromatic heterocycles. The molecule has 1 aromatic carbocycles. The van der Waals surface area contributed by atoms with Crippen molar-refractivity contribution < 1.29 is 14.3 Å². The number of amides is 1. The second-order valence-corrected chi connectivity index (χ2v) is 7.51. The topological polar surface area (TPSA) is 49.9 Å². The first kappa shape index (κ1) is 17.0. The summed E-state index contributed by atoms with van der Waals surface area (Å²) in [5.74, 6) is 0.265. The number of esters is 1. The average Bonchev–Trinajstić information content (AvgIpc) is 2.76. The lowest BCUT2D eigenvalue weighted by Gasteiger charge is -2.32. The normalized spacial score (nSPS) is 21.0. The van der Waals surface area contributed by atoms with Crippen LogP contribution in [0.2, 0.25) is 0 Å². The van der Waals surface area contributed by atoms with Gasteiger partial charge in [-0.05, 0) is 70.4 Å². The fraction of sp³-hybridized carbons (Fsp3) is 0.579. The lowest BCUT2D eigenvalue weighted by atomic mass is 9.86. The fourth-order valence-electron chi connectivity index (χ4n) is 3.77. The third kappa shape index (κ3) is 2.81. The highest BCUT2D eigenvalue weighted by Gasteiger charge is 2.44. The van der Waals surface area contributed by atoms with Crippen LogP contribution >= 0.6 is 0 Å². The molecule has 24 heavy (non-hydrogen) atoms. The highest BCUT2D eigenvalue weighted by molar-refractivity contribution is 6.08. The Morgan fingerprint density at radius 2 is 1.96 bits per heavy atom. The van der Waals surface area contributed by atoms with Crippen molar-refractivity contribution in [3.8, 4) is 0 Å². The summed E-state index contributed by atoms with van der Waals surface area (Å²) >= 11 is 0. The number of hydrogen-bond acceptors (Lipinski definition) is 4. The number of benzene rings is 1. The van der Waals surface area contributed by atoms with Crippen LogP contribution in [0.25, 0.3) is 0 Å². The molecule has 130 valence electrons. The van der Waals surface area contributed by atoms with Crippen LogP contribution in [-0.4, -0.2) is 50.6 Å². The van der Waals surface area contributed by atoms with E-state index in [1.54, 1.807) is 6.07 Å². The zero-order chi connectivity index (χ0) is 17.5. The number of rotatable bonds is 3. The molecule has 0 unspecified atom stereocenters. The smallest absolute Gasteiger partial charge is 0.337 e. The van der Waals surface area contributed by atoms with Gasteiger partial charge in [0.1, 0.15) is 0 Å². The van der Waals surface area contributed by atoms with Crippen molar-refractivity contribution >= 4 is 17.6 Å². The number of hydrogen-bond donors (Lipinski definition) is 0. The van der Waals surface area contributed by atoms with Gasteiger partial charge in [0.15, 0.2) is 0 Å². The minimum Gasteiger partial charge on any atom is -0.465 e. The van der Waals surface area contributed by atoms with Gasteiger partial charge in [-0.3, -0.25) is 4.79 Å². The van der Waals surface area contributed by atoms with Crippen molar-refractivity contribution in [2.24, 2.45) is 5.92 Å². The summed E-state index contributed by atoms with van der Waals surface area (Å²) in [6, 6.07) is 5.45. The van der Waals surface area contributed by atoms with E-state index >= 15 is 0 Å². The maximum atomic E-state index is 13.0. The van der Waals surface area contributed by atoms with Gasteiger partial charge in [0.2, 0.25) is 5.91 Å². The zero-order valence-electron chi connectivity index (χ0n) is 15.0. The Labute approximate surface area is 143 Å². The predicted molar refractivity (Wildman–Crippen MR) is 93.4 cm³/mol. The molecule has 0 spiro atoms. The maximum Gasteiger partial charge on any atom is 0.337 e. The monoisotopic (exact) mass is 330 g/mol. The molecule has 0 saturated carbocycles. The summed E-state index contributed by atoms with van der Waals surface area (Å²) in [6.07, 6.45) is 2.21.